The molecule has 0 aromatic heterocycles. The zero-order chi connectivity index (χ0) is 13.3. The van der Waals surface area contributed by atoms with Crippen molar-refractivity contribution >= 4 is 15.8 Å². The summed E-state index contributed by atoms with van der Waals surface area (Å²) in [7, 11) is -3.38. The predicted molar refractivity (Wildman–Crippen MR) is 67.7 cm³/mol. The van der Waals surface area contributed by atoms with Crippen molar-refractivity contribution in [3.05, 3.63) is 0 Å². The summed E-state index contributed by atoms with van der Waals surface area (Å²) in [6, 6.07) is -0.0792. The van der Waals surface area contributed by atoms with Crippen molar-refractivity contribution in [1.29, 1.82) is 0 Å². The van der Waals surface area contributed by atoms with E-state index in [2.05, 4.69) is 10.1 Å². The summed E-state index contributed by atoms with van der Waals surface area (Å²) in [5.41, 5.74) is 0. The van der Waals surface area contributed by atoms with E-state index >= 15 is 0 Å². The van der Waals surface area contributed by atoms with Gasteiger partial charge in [-0.15, -0.1) is 0 Å². The Bertz CT molecular complexity index is 307. The number of rotatable bonds is 9. The first kappa shape index (κ1) is 16.4. The summed E-state index contributed by atoms with van der Waals surface area (Å²) in [6.07, 6.45) is 1.70. The van der Waals surface area contributed by atoms with E-state index in [1.165, 1.54) is 0 Å². The highest BCUT2D eigenvalue weighted by Crippen LogP contribution is 2.03. The average molecular weight is 265 g/mol. The number of ether oxygens (including phenoxy) is 1. The Morgan fingerprint density at radius 2 is 1.94 bits per heavy atom. The minimum atomic E-state index is -3.38. The van der Waals surface area contributed by atoms with Crippen LogP contribution in [-0.4, -0.2) is 45.1 Å². The fraction of sp³-hybridized carbons (Fsp3) is 0.909. The number of hydrogen-bond donors (Lipinski definition) is 1. The van der Waals surface area contributed by atoms with Gasteiger partial charge in [-0.05, 0) is 19.9 Å². The van der Waals surface area contributed by atoms with Crippen LogP contribution in [0.15, 0.2) is 0 Å². The zero-order valence-corrected chi connectivity index (χ0v) is 11.7. The Morgan fingerprint density at radius 1 is 1.29 bits per heavy atom. The molecule has 0 bridgehead atoms. The van der Waals surface area contributed by atoms with Crippen molar-refractivity contribution in [3.63, 3.8) is 0 Å². The lowest BCUT2D eigenvalue weighted by Crippen LogP contribution is -2.37. The third-order valence-corrected chi connectivity index (χ3v) is 3.81. The summed E-state index contributed by atoms with van der Waals surface area (Å²) in [6.45, 7) is 6.52. The van der Waals surface area contributed by atoms with Crippen LogP contribution in [0.25, 0.3) is 0 Å². The lowest BCUT2D eigenvalue weighted by Gasteiger charge is -2.16. The summed E-state index contributed by atoms with van der Waals surface area (Å²) in [4.78, 5) is 11.1. The molecule has 0 aliphatic heterocycles. The molecule has 0 amide bonds. The van der Waals surface area contributed by atoms with Gasteiger partial charge in [-0.1, -0.05) is 20.3 Å². The van der Waals surface area contributed by atoms with E-state index in [1.807, 2.05) is 13.8 Å². The molecule has 0 radical (unpaired) electrons. The molecular weight excluding hydrogens is 242 g/mol. The van der Waals surface area contributed by atoms with Gasteiger partial charge in [0.1, 0.15) is 5.75 Å². The Kier molecular flexibility index (Phi) is 8.16. The fourth-order valence-electron chi connectivity index (χ4n) is 1.63. The van der Waals surface area contributed by atoms with Crippen molar-refractivity contribution in [1.82, 2.24) is 5.32 Å². The maximum Gasteiger partial charge on any atom is 0.321 e. The lowest BCUT2D eigenvalue weighted by atomic mass is 10.2. The number of carbonyl (C=O) groups is 1. The van der Waals surface area contributed by atoms with Crippen LogP contribution in [0, 0.1) is 0 Å². The molecule has 17 heavy (non-hydrogen) atoms. The highest BCUT2D eigenvalue weighted by molar-refractivity contribution is 7.92. The molecule has 0 aromatic carbocycles. The minimum absolute atomic E-state index is 0.00645. The Hall–Kier alpha value is -0.620. The maximum absolute atomic E-state index is 11.7. The number of sulfone groups is 1. The molecule has 0 spiro atoms. The van der Waals surface area contributed by atoms with Crippen molar-refractivity contribution in [2.45, 2.75) is 39.7 Å². The van der Waals surface area contributed by atoms with Crippen LogP contribution < -0.4 is 5.32 Å². The molecule has 0 saturated heterocycles. The topological polar surface area (TPSA) is 72.5 Å². The SMILES string of the molecule is CCCC(CS(=O)(=O)CC(=O)OCC)NCC. The van der Waals surface area contributed by atoms with E-state index in [1.54, 1.807) is 6.92 Å². The molecule has 0 heterocycles. The molecule has 1 unspecified atom stereocenters. The smallest absolute Gasteiger partial charge is 0.321 e. The third kappa shape index (κ3) is 8.15. The zero-order valence-electron chi connectivity index (χ0n) is 10.9. The Morgan fingerprint density at radius 3 is 2.41 bits per heavy atom. The van der Waals surface area contributed by atoms with Crippen molar-refractivity contribution in [3.8, 4) is 0 Å². The highest BCUT2D eigenvalue weighted by Gasteiger charge is 2.22. The summed E-state index contributed by atoms with van der Waals surface area (Å²) in [5, 5.41) is 3.11. The average Bonchev–Trinajstić information content (AvgIpc) is 2.16. The van der Waals surface area contributed by atoms with Crippen LogP contribution in [0.5, 0.6) is 0 Å². The van der Waals surface area contributed by atoms with Gasteiger partial charge in [0.15, 0.2) is 9.84 Å². The first-order chi connectivity index (χ1) is 7.95. The number of carbonyl (C=O) groups excluding carboxylic acids is 1. The van der Waals surface area contributed by atoms with Gasteiger partial charge in [-0.3, -0.25) is 4.79 Å². The summed E-state index contributed by atoms with van der Waals surface area (Å²) < 4.78 is 28.1. The molecule has 0 aromatic rings. The summed E-state index contributed by atoms with van der Waals surface area (Å²) >= 11 is 0. The molecular formula is C11H23NO4S. The largest absolute Gasteiger partial charge is 0.465 e. The van der Waals surface area contributed by atoms with E-state index in [0.29, 0.717) is 0 Å². The molecule has 102 valence electrons. The molecule has 0 fully saturated rings. The molecule has 0 saturated carbocycles. The second-order valence-electron chi connectivity index (χ2n) is 3.90. The van der Waals surface area contributed by atoms with Gasteiger partial charge >= 0.3 is 5.97 Å². The number of esters is 1. The molecule has 0 rings (SSSR count). The monoisotopic (exact) mass is 265 g/mol. The van der Waals surface area contributed by atoms with Crippen LogP contribution in [0.4, 0.5) is 0 Å². The lowest BCUT2D eigenvalue weighted by molar-refractivity contribution is -0.139. The van der Waals surface area contributed by atoms with E-state index in [9.17, 15) is 13.2 Å². The van der Waals surface area contributed by atoms with Crippen LogP contribution in [0.3, 0.4) is 0 Å². The predicted octanol–water partition coefficient (Wildman–Crippen LogP) is 0.742. The van der Waals surface area contributed by atoms with Gasteiger partial charge in [-0.25, -0.2) is 8.42 Å². The molecule has 6 heteroatoms. The van der Waals surface area contributed by atoms with Crippen LogP contribution in [0.1, 0.15) is 33.6 Å². The van der Waals surface area contributed by atoms with Gasteiger partial charge in [0.25, 0.3) is 0 Å². The van der Waals surface area contributed by atoms with E-state index < -0.39 is 21.6 Å². The molecule has 0 aliphatic carbocycles. The first-order valence-electron chi connectivity index (χ1n) is 6.04. The fourth-order valence-corrected chi connectivity index (χ4v) is 3.09. The highest BCUT2D eigenvalue weighted by atomic mass is 32.2. The molecule has 1 N–H and O–H groups in total. The van der Waals surface area contributed by atoms with Crippen LogP contribution in [-0.2, 0) is 19.4 Å². The van der Waals surface area contributed by atoms with E-state index in [-0.39, 0.29) is 18.4 Å². The Balaban J connectivity index is 4.34. The summed E-state index contributed by atoms with van der Waals surface area (Å²) in [5.74, 6) is -1.20. The van der Waals surface area contributed by atoms with E-state index in [0.717, 1.165) is 19.4 Å². The standard InChI is InChI=1S/C11H23NO4S/c1-4-7-10(12-5-2)8-17(14,15)9-11(13)16-6-3/h10,12H,4-9H2,1-3H3. The maximum atomic E-state index is 11.7. The van der Waals surface area contributed by atoms with Crippen molar-refractivity contribution in [2.75, 3.05) is 24.7 Å². The van der Waals surface area contributed by atoms with Gasteiger partial charge in [-0.2, -0.15) is 0 Å². The number of hydrogen-bond acceptors (Lipinski definition) is 5. The normalized spacial score (nSPS) is 13.4. The van der Waals surface area contributed by atoms with Gasteiger partial charge in [0.05, 0.1) is 12.4 Å². The third-order valence-electron chi connectivity index (χ3n) is 2.23. The number of nitrogens with one attached hydrogen (secondary N) is 1. The van der Waals surface area contributed by atoms with Gasteiger partial charge in [0, 0.05) is 6.04 Å². The van der Waals surface area contributed by atoms with Crippen molar-refractivity contribution < 1.29 is 17.9 Å². The van der Waals surface area contributed by atoms with E-state index in [4.69, 9.17) is 0 Å². The van der Waals surface area contributed by atoms with Crippen molar-refractivity contribution in [2.24, 2.45) is 0 Å². The van der Waals surface area contributed by atoms with Gasteiger partial charge in [0.2, 0.25) is 0 Å². The molecule has 1 atom stereocenters. The molecule has 5 nitrogen and oxygen atoms in total. The minimum Gasteiger partial charge on any atom is -0.465 e. The molecule has 0 aliphatic rings. The first-order valence-corrected chi connectivity index (χ1v) is 7.86. The quantitative estimate of drug-likeness (QED) is 0.623. The second kappa shape index (κ2) is 8.47. The second-order valence-corrected chi connectivity index (χ2v) is 6.01. The Labute approximate surface area is 104 Å². The van der Waals surface area contributed by atoms with Gasteiger partial charge < -0.3 is 10.1 Å². The van der Waals surface area contributed by atoms with Crippen LogP contribution >= 0.6 is 0 Å². The van der Waals surface area contributed by atoms with Crippen LogP contribution in [0.2, 0.25) is 0 Å².